The lowest BCUT2D eigenvalue weighted by atomic mass is 9.80. The monoisotopic (exact) mass is 154 g/mol. The predicted octanol–water partition coefficient (Wildman–Crippen LogP) is 2.36. The van der Waals surface area contributed by atoms with Crippen molar-refractivity contribution >= 4 is 0 Å². The third-order valence-electron chi connectivity index (χ3n) is 2.51. The minimum absolute atomic E-state index is 0.360. The second kappa shape index (κ2) is 2.98. The Morgan fingerprint density at radius 2 is 1.91 bits per heavy atom. The Bertz CT molecular complexity index is 153. The first kappa shape index (κ1) is 8.79. The van der Waals surface area contributed by atoms with E-state index in [0.717, 1.165) is 6.42 Å². The zero-order valence-electron chi connectivity index (χ0n) is 7.67. The average molecular weight is 154 g/mol. The van der Waals surface area contributed by atoms with E-state index in [0.29, 0.717) is 11.8 Å². The van der Waals surface area contributed by atoms with E-state index in [2.05, 4.69) is 19.1 Å². The highest BCUT2D eigenvalue weighted by atomic mass is 16.3. The van der Waals surface area contributed by atoms with Crippen LogP contribution in [0.5, 0.6) is 0 Å². The first-order valence-electron chi connectivity index (χ1n) is 4.41. The molecule has 1 nitrogen and oxygen atoms in total. The van der Waals surface area contributed by atoms with Crippen LogP contribution in [-0.2, 0) is 0 Å². The average Bonchev–Trinajstić information content (AvgIpc) is 1.86. The second-order valence-corrected chi connectivity index (χ2v) is 4.20. The van der Waals surface area contributed by atoms with Gasteiger partial charge in [-0.05, 0) is 32.6 Å². The summed E-state index contributed by atoms with van der Waals surface area (Å²) in [6, 6.07) is 0. The first-order chi connectivity index (χ1) is 5.00. The molecule has 0 fully saturated rings. The topological polar surface area (TPSA) is 20.2 Å². The molecular formula is C10H18O. The van der Waals surface area contributed by atoms with Gasteiger partial charge >= 0.3 is 0 Å². The molecule has 1 N–H and O–H groups in total. The maximum absolute atomic E-state index is 9.68. The molecule has 64 valence electrons. The molecule has 0 saturated carbocycles. The van der Waals surface area contributed by atoms with Gasteiger partial charge in [-0.2, -0.15) is 0 Å². The SMILES string of the molecule is C[C@@H]1C=C[C@H](C(C)(C)O)CC1. The summed E-state index contributed by atoms with van der Waals surface area (Å²) >= 11 is 0. The Balaban J connectivity index is 2.57. The molecule has 1 aliphatic carbocycles. The lowest BCUT2D eigenvalue weighted by Crippen LogP contribution is -2.31. The van der Waals surface area contributed by atoms with Crippen molar-refractivity contribution in [3.8, 4) is 0 Å². The quantitative estimate of drug-likeness (QED) is 0.575. The van der Waals surface area contributed by atoms with Gasteiger partial charge in [-0.1, -0.05) is 19.1 Å². The van der Waals surface area contributed by atoms with Gasteiger partial charge in [-0.25, -0.2) is 0 Å². The van der Waals surface area contributed by atoms with E-state index in [9.17, 15) is 5.11 Å². The molecule has 0 unspecified atom stereocenters. The van der Waals surface area contributed by atoms with E-state index >= 15 is 0 Å². The van der Waals surface area contributed by atoms with Gasteiger partial charge in [0.25, 0.3) is 0 Å². The maximum atomic E-state index is 9.68. The summed E-state index contributed by atoms with van der Waals surface area (Å²) in [6.07, 6.45) is 6.71. The van der Waals surface area contributed by atoms with E-state index in [4.69, 9.17) is 0 Å². The molecule has 0 aromatic heterocycles. The normalized spacial score (nSPS) is 32.4. The van der Waals surface area contributed by atoms with Gasteiger partial charge in [0, 0.05) is 5.92 Å². The zero-order valence-corrected chi connectivity index (χ0v) is 7.67. The highest BCUT2D eigenvalue weighted by Gasteiger charge is 2.26. The summed E-state index contributed by atoms with van der Waals surface area (Å²) in [7, 11) is 0. The van der Waals surface area contributed by atoms with E-state index < -0.39 is 5.60 Å². The summed E-state index contributed by atoms with van der Waals surface area (Å²) in [5, 5.41) is 9.68. The largest absolute Gasteiger partial charge is 0.390 e. The Morgan fingerprint density at radius 3 is 2.27 bits per heavy atom. The second-order valence-electron chi connectivity index (χ2n) is 4.20. The summed E-state index contributed by atoms with van der Waals surface area (Å²) in [4.78, 5) is 0. The number of allylic oxidation sites excluding steroid dienone is 1. The summed E-state index contributed by atoms with van der Waals surface area (Å²) < 4.78 is 0. The third-order valence-corrected chi connectivity index (χ3v) is 2.51. The molecule has 1 rings (SSSR count). The number of rotatable bonds is 1. The van der Waals surface area contributed by atoms with E-state index in [1.807, 2.05) is 13.8 Å². The molecule has 0 aliphatic heterocycles. The lowest BCUT2D eigenvalue weighted by molar-refractivity contribution is 0.0296. The van der Waals surface area contributed by atoms with Gasteiger partial charge in [0.15, 0.2) is 0 Å². The third kappa shape index (κ3) is 2.33. The van der Waals surface area contributed by atoms with Crippen molar-refractivity contribution in [2.45, 2.75) is 39.2 Å². The fourth-order valence-corrected chi connectivity index (χ4v) is 1.55. The van der Waals surface area contributed by atoms with Crippen molar-refractivity contribution in [1.29, 1.82) is 0 Å². The Morgan fingerprint density at radius 1 is 1.27 bits per heavy atom. The van der Waals surface area contributed by atoms with E-state index in [1.165, 1.54) is 6.42 Å². The minimum atomic E-state index is -0.531. The standard InChI is InChI=1S/C10H18O/c1-8-4-6-9(7-5-8)10(2,3)11/h4,6,8-9,11H,5,7H2,1-3H3/t8-,9+/m1/s1. The summed E-state index contributed by atoms with van der Waals surface area (Å²) in [6.45, 7) is 5.99. The summed E-state index contributed by atoms with van der Waals surface area (Å²) in [5.74, 6) is 1.06. The molecule has 11 heavy (non-hydrogen) atoms. The molecule has 0 aromatic rings. The van der Waals surface area contributed by atoms with Crippen LogP contribution in [0.15, 0.2) is 12.2 Å². The van der Waals surface area contributed by atoms with Crippen LogP contribution in [0.3, 0.4) is 0 Å². The van der Waals surface area contributed by atoms with Gasteiger partial charge in [0.1, 0.15) is 0 Å². The Labute approximate surface area is 69.1 Å². The first-order valence-corrected chi connectivity index (χ1v) is 4.41. The van der Waals surface area contributed by atoms with Gasteiger partial charge in [-0.15, -0.1) is 0 Å². The summed E-state index contributed by atoms with van der Waals surface area (Å²) in [5.41, 5.74) is -0.531. The van der Waals surface area contributed by atoms with Gasteiger partial charge < -0.3 is 5.11 Å². The van der Waals surface area contributed by atoms with Crippen LogP contribution < -0.4 is 0 Å². The molecule has 0 radical (unpaired) electrons. The van der Waals surface area contributed by atoms with Crippen molar-refractivity contribution in [3.63, 3.8) is 0 Å². The maximum Gasteiger partial charge on any atom is 0.0654 e. The highest BCUT2D eigenvalue weighted by Crippen LogP contribution is 2.29. The minimum Gasteiger partial charge on any atom is -0.390 e. The van der Waals surface area contributed by atoms with Gasteiger partial charge in [0.05, 0.1) is 5.60 Å². The van der Waals surface area contributed by atoms with Crippen LogP contribution in [0.1, 0.15) is 33.6 Å². The zero-order chi connectivity index (χ0) is 8.48. The fourth-order valence-electron chi connectivity index (χ4n) is 1.55. The molecule has 2 atom stereocenters. The number of hydrogen-bond acceptors (Lipinski definition) is 1. The van der Waals surface area contributed by atoms with Crippen LogP contribution in [0.25, 0.3) is 0 Å². The molecule has 0 aromatic carbocycles. The molecule has 0 spiro atoms. The lowest BCUT2D eigenvalue weighted by Gasteiger charge is -2.30. The van der Waals surface area contributed by atoms with Crippen LogP contribution in [0, 0.1) is 11.8 Å². The smallest absolute Gasteiger partial charge is 0.0654 e. The van der Waals surface area contributed by atoms with Crippen molar-refractivity contribution in [3.05, 3.63) is 12.2 Å². The molecule has 0 saturated heterocycles. The van der Waals surface area contributed by atoms with E-state index in [-0.39, 0.29) is 0 Å². The number of hydrogen-bond donors (Lipinski definition) is 1. The molecule has 0 amide bonds. The van der Waals surface area contributed by atoms with Crippen molar-refractivity contribution < 1.29 is 5.11 Å². The van der Waals surface area contributed by atoms with Crippen LogP contribution in [0.2, 0.25) is 0 Å². The number of aliphatic hydroxyl groups is 1. The van der Waals surface area contributed by atoms with Crippen molar-refractivity contribution in [2.75, 3.05) is 0 Å². The molecule has 0 heterocycles. The van der Waals surface area contributed by atoms with E-state index in [1.54, 1.807) is 0 Å². The predicted molar refractivity (Wildman–Crippen MR) is 47.3 cm³/mol. The van der Waals surface area contributed by atoms with Crippen LogP contribution >= 0.6 is 0 Å². The van der Waals surface area contributed by atoms with Gasteiger partial charge in [-0.3, -0.25) is 0 Å². The Kier molecular flexibility index (Phi) is 2.38. The van der Waals surface area contributed by atoms with Crippen LogP contribution in [0.4, 0.5) is 0 Å². The highest BCUT2D eigenvalue weighted by molar-refractivity contribution is 5.01. The van der Waals surface area contributed by atoms with Gasteiger partial charge in [0.2, 0.25) is 0 Å². The van der Waals surface area contributed by atoms with Crippen molar-refractivity contribution in [2.24, 2.45) is 11.8 Å². The molecule has 0 bridgehead atoms. The van der Waals surface area contributed by atoms with Crippen LogP contribution in [-0.4, -0.2) is 10.7 Å². The Hall–Kier alpha value is -0.300. The molecule has 1 heteroatoms. The molecule has 1 aliphatic rings. The van der Waals surface area contributed by atoms with Crippen molar-refractivity contribution in [1.82, 2.24) is 0 Å². The fraction of sp³-hybridized carbons (Fsp3) is 0.800. The molecular weight excluding hydrogens is 136 g/mol.